The topological polar surface area (TPSA) is 73.0 Å². The summed E-state index contributed by atoms with van der Waals surface area (Å²) in [6.45, 7) is 3.13. The predicted molar refractivity (Wildman–Crippen MR) is 112 cm³/mol. The van der Waals surface area contributed by atoms with Crippen molar-refractivity contribution in [3.8, 4) is 0 Å². The highest BCUT2D eigenvalue weighted by Gasteiger charge is 2.36. The first-order chi connectivity index (χ1) is 14.1. The zero-order valence-corrected chi connectivity index (χ0v) is 17.0. The van der Waals surface area contributed by atoms with Crippen LogP contribution in [0.15, 0.2) is 65.6 Å². The number of hydrogen-bond acceptors (Lipinski definition) is 5. The maximum absolute atomic E-state index is 12.8. The molecule has 8 heteroatoms. The normalized spacial score (nSPS) is 23.7. The molecule has 2 fully saturated rings. The molecule has 2 saturated heterocycles. The Hall–Kier alpha value is -2.26. The van der Waals surface area contributed by atoms with Crippen molar-refractivity contribution < 1.29 is 13.2 Å². The van der Waals surface area contributed by atoms with Gasteiger partial charge in [0.1, 0.15) is 0 Å². The molecule has 4 rings (SSSR count). The lowest BCUT2D eigenvalue weighted by Crippen LogP contribution is -2.52. The van der Waals surface area contributed by atoms with E-state index in [1.165, 1.54) is 0 Å². The summed E-state index contributed by atoms with van der Waals surface area (Å²) in [7, 11) is -3.44. The number of anilines is 1. The third-order valence-electron chi connectivity index (χ3n) is 5.76. The van der Waals surface area contributed by atoms with E-state index in [0.717, 1.165) is 25.1 Å². The van der Waals surface area contributed by atoms with Crippen molar-refractivity contribution in [2.24, 2.45) is 0 Å². The Labute approximate surface area is 172 Å². The summed E-state index contributed by atoms with van der Waals surface area (Å²) in [5.74, 6) is 0. The number of nitrogens with zero attached hydrogens (tertiary/aromatic N) is 3. The van der Waals surface area contributed by atoms with Gasteiger partial charge in [0.15, 0.2) is 0 Å². The Morgan fingerprint density at radius 3 is 2.17 bits per heavy atom. The number of benzene rings is 2. The van der Waals surface area contributed by atoms with Crippen LogP contribution in [0.4, 0.5) is 5.69 Å². The average Bonchev–Trinajstić information content (AvgIpc) is 3.26. The highest BCUT2D eigenvalue weighted by atomic mass is 32.2. The second kappa shape index (κ2) is 8.62. The number of piperazine rings is 1. The van der Waals surface area contributed by atoms with E-state index in [1.807, 2.05) is 36.4 Å². The molecule has 7 nitrogen and oxygen atoms in total. The van der Waals surface area contributed by atoms with Crippen LogP contribution in [-0.2, 0) is 14.8 Å². The summed E-state index contributed by atoms with van der Waals surface area (Å²) in [4.78, 5) is 16.1. The molecule has 2 aromatic carbocycles. The molecule has 1 N–H and O–H groups in total. The smallest absolute Gasteiger partial charge is 0.243 e. The molecule has 0 radical (unpaired) electrons. The van der Waals surface area contributed by atoms with Crippen molar-refractivity contribution in [3.63, 3.8) is 0 Å². The van der Waals surface area contributed by atoms with E-state index in [9.17, 15) is 13.2 Å². The summed E-state index contributed by atoms with van der Waals surface area (Å²) in [6, 6.07) is 18.5. The SMILES string of the molecule is O=CN(c1ccccc1)C1CC(N2CCN(S(=O)(=O)c3ccccc3)CC2)CN1. The Morgan fingerprint density at radius 2 is 1.55 bits per heavy atom. The number of amides is 1. The van der Waals surface area contributed by atoms with E-state index in [2.05, 4.69) is 10.2 Å². The van der Waals surface area contributed by atoms with Crippen LogP contribution >= 0.6 is 0 Å². The van der Waals surface area contributed by atoms with Gasteiger partial charge in [0, 0.05) is 44.5 Å². The monoisotopic (exact) mass is 414 g/mol. The Balaban J connectivity index is 1.36. The van der Waals surface area contributed by atoms with Crippen LogP contribution in [0.1, 0.15) is 6.42 Å². The zero-order valence-electron chi connectivity index (χ0n) is 16.2. The lowest BCUT2D eigenvalue weighted by atomic mass is 10.1. The maximum atomic E-state index is 12.8. The second-order valence-corrected chi connectivity index (χ2v) is 9.35. The molecular formula is C21H26N4O3S. The number of sulfonamides is 1. The van der Waals surface area contributed by atoms with Crippen LogP contribution in [-0.4, -0.2) is 69.0 Å². The molecular weight excluding hydrogens is 388 g/mol. The number of nitrogens with one attached hydrogen (secondary N) is 1. The van der Waals surface area contributed by atoms with E-state index in [1.54, 1.807) is 33.5 Å². The molecule has 154 valence electrons. The molecule has 0 spiro atoms. The van der Waals surface area contributed by atoms with Crippen molar-refractivity contribution in [2.75, 3.05) is 37.6 Å². The molecule has 2 aromatic rings. The van der Waals surface area contributed by atoms with Gasteiger partial charge in [-0.2, -0.15) is 4.31 Å². The third-order valence-corrected chi connectivity index (χ3v) is 7.67. The van der Waals surface area contributed by atoms with Gasteiger partial charge < -0.3 is 0 Å². The summed E-state index contributed by atoms with van der Waals surface area (Å²) < 4.78 is 27.2. The minimum absolute atomic E-state index is 0.0500. The van der Waals surface area contributed by atoms with Gasteiger partial charge in [-0.3, -0.25) is 19.9 Å². The third kappa shape index (κ3) is 4.20. The number of hydrogen-bond donors (Lipinski definition) is 1. The van der Waals surface area contributed by atoms with Gasteiger partial charge in [-0.25, -0.2) is 8.42 Å². The molecule has 0 aromatic heterocycles. The summed E-state index contributed by atoms with van der Waals surface area (Å²) in [5.41, 5.74) is 0.874. The summed E-state index contributed by atoms with van der Waals surface area (Å²) >= 11 is 0. The highest BCUT2D eigenvalue weighted by molar-refractivity contribution is 7.89. The van der Waals surface area contributed by atoms with Crippen molar-refractivity contribution in [1.82, 2.24) is 14.5 Å². The first kappa shape index (κ1) is 20.0. The van der Waals surface area contributed by atoms with E-state index in [-0.39, 0.29) is 12.2 Å². The fourth-order valence-electron chi connectivity index (χ4n) is 4.15. The quantitative estimate of drug-likeness (QED) is 0.723. The lowest BCUT2D eigenvalue weighted by molar-refractivity contribution is -0.108. The van der Waals surface area contributed by atoms with Gasteiger partial charge in [0.25, 0.3) is 0 Å². The number of rotatable bonds is 6. The van der Waals surface area contributed by atoms with Gasteiger partial charge in [0.2, 0.25) is 16.4 Å². The molecule has 2 aliphatic rings. The Kier molecular flexibility index (Phi) is 5.96. The lowest BCUT2D eigenvalue weighted by Gasteiger charge is -2.37. The first-order valence-electron chi connectivity index (χ1n) is 9.91. The van der Waals surface area contributed by atoms with Crippen molar-refractivity contribution in [3.05, 3.63) is 60.7 Å². The minimum Gasteiger partial charge on any atom is -0.299 e. The number of carbonyl (C=O) groups excluding carboxylic acids is 1. The van der Waals surface area contributed by atoms with Crippen LogP contribution in [0, 0.1) is 0 Å². The minimum atomic E-state index is -3.44. The van der Waals surface area contributed by atoms with Gasteiger partial charge in [-0.15, -0.1) is 0 Å². The van der Waals surface area contributed by atoms with Crippen LogP contribution < -0.4 is 10.2 Å². The van der Waals surface area contributed by atoms with Crippen LogP contribution in [0.2, 0.25) is 0 Å². The van der Waals surface area contributed by atoms with E-state index in [4.69, 9.17) is 0 Å². The molecule has 0 saturated carbocycles. The standard InChI is InChI=1S/C21H26N4O3S/c26-17-25(18-7-3-1-4-8-18)21-15-19(16-22-21)23-11-13-24(14-12-23)29(27,28)20-9-5-2-6-10-20/h1-10,17,19,21-22H,11-16H2. The molecule has 0 aliphatic carbocycles. The van der Waals surface area contributed by atoms with Crippen LogP contribution in [0.25, 0.3) is 0 Å². The van der Waals surface area contributed by atoms with E-state index < -0.39 is 10.0 Å². The molecule has 0 bridgehead atoms. The first-order valence-corrected chi connectivity index (χ1v) is 11.3. The van der Waals surface area contributed by atoms with E-state index >= 15 is 0 Å². The molecule has 2 unspecified atom stereocenters. The van der Waals surface area contributed by atoms with Gasteiger partial charge >= 0.3 is 0 Å². The fourth-order valence-corrected chi connectivity index (χ4v) is 5.59. The van der Waals surface area contributed by atoms with Crippen molar-refractivity contribution >= 4 is 22.1 Å². The number of carbonyl (C=O) groups is 1. The van der Waals surface area contributed by atoms with Gasteiger partial charge in [-0.1, -0.05) is 36.4 Å². The molecule has 1 amide bonds. The summed E-state index contributed by atoms with van der Waals surface area (Å²) in [6.07, 6.45) is 1.64. The Morgan fingerprint density at radius 1 is 0.931 bits per heavy atom. The summed E-state index contributed by atoms with van der Waals surface area (Å²) in [5, 5.41) is 3.44. The highest BCUT2D eigenvalue weighted by Crippen LogP contribution is 2.24. The zero-order chi connectivity index (χ0) is 20.3. The number of para-hydroxylation sites is 1. The van der Waals surface area contributed by atoms with Crippen LogP contribution in [0.3, 0.4) is 0 Å². The maximum Gasteiger partial charge on any atom is 0.243 e. The fraction of sp³-hybridized carbons (Fsp3) is 0.381. The second-order valence-electron chi connectivity index (χ2n) is 7.41. The van der Waals surface area contributed by atoms with E-state index in [0.29, 0.717) is 31.1 Å². The average molecular weight is 415 g/mol. The predicted octanol–water partition coefficient (Wildman–Crippen LogP) is 1.34. The van der Waals surface area contributed by atoms with Crippen molar-refractivity contribution in [2.45, 2.75) is 23.5 Å². The molecule has 2 atom stereocenters. The van der Waals surface area contributed by atoms with Gasteiger partial charge in [0.05, 0.1) is 11.1 Å². The van der Waals surface area contributed by atoms with Crippen molar-refractivity contribution in [1.29, 1.82) is 0 Å². The largest absolute Gasteiger partial charge is 0.299 e. The molecule has 29 heavy (non-hydrogen) atoms. The molecule has 2 aliphatic heterocycles. The molecule has 2 heterocycles. The van der Waals surface area contributed by atoms with Gasteiger partial charge in [-0.05, 0) is 30.7 Å². The Bertz CT molecular complexity index is 915. The van der Waals surface area contributed by atoms with Crippen LogP contribution in [0.5, 0.6) is 0 Å².